The van der Waals surface area contributed by atoms with E-state index in [1.165, 1.54) is 5.01 Å². The lowest BCUT2D eigenvalue weighted by atomic mass is 10.1. The summed E-state index contributed by atoms with van der Waals surface area (Å²) in [6.45, 7) is 3.23. The second-order valence-electron chi connectivity index (χ2n) is 9.14. The number of fused-ring (bicyclic) bond motifs is 2. The van der Waals surface area contributed by atoms with E-state index in [9.17, 15) is 9.59 Å². The molecule has 0 spiro atoms. The maximum absolute atomic E-state index is 13.0. The summed E-state index contributed by atoms with van der Waals surface area (Å²) in [6.07, 6.45) is 3.75. The van der Waals surface area contributed by atoms with Crippen LogP contribution in [0.15, 0.2) is 76.5 Å². The number of hydrogen-bond acceptors (Lipinski definition) is 7. The highest BCUT2D eigenvalue weighted by atomic mass is 32.2. The number of hydrazone groups is 1. The highest BCUT2D eigenvalue weighted by Gasteiger charge is 2.36. The molecule has 3 aromatic rings. The molecule has 39 heavy (non-hydrogen) atoms. The number of benzene rings is 2. The maximum atomic E-state index is 13.0. The molecule has 1 fully saturated rings. The number of thioether (sulfide) groups is 1. The Bertz CT molecular complexity index is 1540. The molecule has 0 radical (unpaired) electrons. The molecule has 4 heterocycles. The van der Waals surface area contributed by atoms with Crippen LogP contribution in [-0.2, 0) is 20.9 Å². The Hall–Kier alpha value is -4.22. The zero-order valence-corrected chi connectivity index (χ0v) is 21.9. The Labute approximate surface area is 229 Å². The Morgan fingerprint density at radius 3 is 2.69 bits per heavy atom. The van der Waals surface area contributed by atoms with Gasteiger partial charge < -0.3 is 18.9 Å². The first-order chi connectivity index (χ1) is 19.1. The third-order valence-corrected chi connectivity index (χ3v) is 7.53. The number of hydrogen-bond donors (Lipinski definition) is 1. The summed E-state index contributed by atoms with van der Waals surface area (Å²) in [5, 5.41) is 16.3. The molecule has 1 N–H and O–H groups in total. The number of nitrogens with one attached hydrogen (secondary N) is 1. The molecule has 0 atom stereocenters. The van der Waals surface area contributed by atoms with Crippen LogP contribution in [0.25, 0.3) is 17.0 Å². The predicted molar refractivity (Wildman–Crippen MR) is 151 cm³/mol. The van der Waals surface area contributed by atoms with Gasteiger partial charge in [0.25, 0.3) is 5.91 Å². The van der Waals surface area contributed by atoms with Crippen LogP contribution in [0.1, 0.15) is 12.0 Å². The average Bonchev–Trinajstić information content (AvgIpc) is 3.53. The molecule has 3 aliphatic rings. The smallest absolute Gasteiger partial charge is 0.283 e. The quantitative estimate of drug-likeness (QED) is 0.457. The van der Waals surface area contributed by atoms with Crippen molar-refractivity contribution < 1.29 is 19.1 Å². The van der Waals surface area contributed by atoms with Crippen molar-refractivity contribution in [1.82, 2.24) is 14.5 Å². The molecule has 6 rings (SSSR count). The molecule has 0 saturated carbocycles. The summed E-state index contributed by atoms with van der Waals surface area (Å²) in [7, 11) is 0. The van der Waals surface area contributed by atoms with E-state index in [4.69, 9.17) is 14.9 Å². The van der Waals surface area contributed by atoms with Crippen molar-refractivity contribution in [3.05, 3.63) is 71.9 Å². The van der Waals surface area contributed by atoms with Gasteiger partial charge in [0.2, 0.25) is 11.1 Å². The van der Waals surface area contributed by atoms with Crippen molar-refractivity contribution >= 4 is 56.6 Å². The van der Waals surface area contributed by atoms with Gasteiger partial charge in [-0.2, -0.15) is 15.1 Å². The summed E-state index contributed by atoms with van der Waals surface area (Å²) in [4.78, 5) is 31.6. The summed E-state index contributed by atoms with van der Waals surface area (Å²) < 4.78 is 13.3. The van der Waals surface area contributed by atoms with E-state index in [-0.39, 0.29) is 23.7 Å². The van der Waals surface area contributed by atoms with Gasteiger partial charge in [0.15, 0.2) is 5.84 Å². The second-order valence-corrected chi connectivity index (χ2v) is 10.2. The van der Waals surface area contributed by atoms with Crippen molar-refractivity contribution in [3.8, 4) is 5.75 Å². The molecule has 0 bridgehead atoms. The molecule has 2 aromatic carbocycles. The van der Waals surface area contributed by atoms with Gasteiger partial charge in [-0.15, -0.1) is 0 Å². The number of aliphatic imine (C=N–C) groups is 1. The van der Waals surface area contributed by atoms with Crippen LogP contribution in [-0.4, -0.2) is 75.2 Å². The first kappa shape index (κ1) is 25.1. The topological polar surface area (TPSA) is 113 Å². The molecular weight excluding hydrogens is 516 g/mol. The Morgan fingerprint density at radius 1 is 1.10 bits per heavy atom. The van der Waals surface area contributed by atoms with Crippen LogP contribution < -0.4 is 4.74 Å². The molecule has 3 aliphatic heterocycles. The second kappa shape index (κ2) is 10.9. The molecule has 10 nitrogen and oxygen atoms in total. The number of ether oxygens (including phenoxy) is 2. The third-order valence-electron chi connectivity index (χ3n) is 6.63. The molecule has 0 aliphatic carbocycles. The van der Waals surface area contributed by atoms with Gasteiger partial charge in [-0.1, -0.05) is 36.4 Å². The molecule has 1 saturated heterocycles. The van der Waals surface area contributed by atoms with E-state index in [2.05, 4.69) is 14.7 Å². The summed E-state index contributed by atoms with van der Waals surface area (Å²) >= 11 is 1.16. The zero-order valence-electron chi connectivity index (χ0n) is 21.1. The van der Waals surface area contributed by atoms with E-state index >= 15 is 0 Å². The monoisotopic (exact) mass is 542 g/mol. The van der Waals surface area contributed by atoms with Crippen molar-refractivity contribution in [2.75, 3.05) is 32.9 Å². The fraction of sp³-hybridized carbons (Fsp3) is 0.250. The maximum Gasteiger partial charge on any atom is 0.283 e. The number of nitrogens with zero attached hydrogens (tertiary/aromatic N) is 5. The standard InChI is InChI=1S/C28H26N6O4S/c29-26-22(27(36)30-28-34(26)31-24(39-28)17-25(35)32-10-13-37-14-11-32)16-19-18-33(23-9-5-4-8-21(19)23)12-15-38-20-6-2-1-3-7-20/h1-9,16,18,29H,10-15,17H2. The number of para-hydroxylation sites is 2. The number of rotatable bonds is 7. The van der Waals surface area contributed by atoms with Gasteiger partial charge in [-0.05, 0) is 36.0 Å². The number of carbonyl (C=O) groups excluding carboxylic acids is 2. The molecule has 0 unspecified atom stereocenters. The molecular formula is C28H26N6O4S. The minimum Gasteiger partial charge on any atom is -0.492 e. The zero-order chi connectivity index (χ0) is 26.8. The first-order valence-corrected chi connectivity index (χ1v) is 13.5. The molecule has 198 valence electrons. The summed E-state index contributed by atoms with van der Waals surface area (Å²) in [5.74, 6) is 0.193. The van der Waals surface area contributed by atoms with Gasteiger partial charge in [-0.3, -0.25) is 15.0 Å². The van der Waals surface area contributed by atoms with E-state index in [1.54, 1.807) is 11.0 Å². The van der Waals surface area contributed by atoms with Crippen LogP contribution in [0, 0.1) is 5.41 Å². The molecule has 2 amide bonds. The highest BCUT2D eigenvalue weighted by Crippen LogP contribution is 2.31. The summed E-state index contributed by atoms with van der Waals surface area (Å²) in [5.41, 5.74) is 1.95. The van der Waals surface area contributed by atoms with E-state index in [1.807, 2.05) is 60.8 Å². The average molecular weight is 543 g/mol. The SMILES string of the molecule is N=C1C(=Cc2cn(CCOc3ccccc3)c3ccccc23)C(=O)N=C2SC(CC(=O)N3CCOCC3)=NN12. The largest absolute Gasteiger partial charge is 0.492 e. The van der Waals surface area contributed by atoms with Crippen LogP contribution >= 0.6 is 11.8 Å². The Balaban J connectivity index is 1.21. The van der Waals surface area contributed by atoms with Crippen LogP contribution in [0.3, 0.4) is 0 Å². The number of amidine groups is 2. The third kappa shape index (κ3) is 5.23. The Morgan fingerprint density at radius 2 is 1.87 bits per heavy atom. The number of morpholine rings is 1. The highest BCUT2D eigenvalue weighted by molar-refractivity contribution is 8.27. The van der Waals surface area contributed by atoms with Gasteiger partial charge in [0.05, 0.1) is 31.8 Å². The van der Waals surface area contributed by atoms with Crippen LogP contribution in [0.4, 0.5) is 0 Å². The van der Waals surface area contributed by atoms with Crippen LogP contribution in [0.5, 0.6) is 5.75 Å². The normalized spacial score (nSPS) is 18.4. The van der Waals surface area contributed by atoms with Crippen molar-refractivity contribution in [1.29, 1.82) is 5.41 Å². The fourth-order valence-electron chi connectivity index (χ4n) is 4.67. The Kier molecular flexibility index (Phi) is 6.99. The minimum atomic E-state index is -0.501. The lowest BCUT2D eigenvalue weighted by Gasteiger charge is -2.26. The van der Waals surface area contributed by atoms with Gasteiger partial charge in [0, 0.05) is 35.8 Å². The first-order valence-electron chi connectivity index (χ1n) is 12.7. The van der Waals surface area contributed by atoms with Crippen molar-refractivity contribution in [3.63, 3.8) is 0 Å². The lowest BCUT2D eigenvalue weighted by Crippen LogP contribution is -2.41. The van der Waals surface area contributed by atoms with Gasteiger partial charge in [0.1, 0.15) is 17.4 Å². The number of aromatic nitrogens is 1. The van der Waals surface area contributed by atoms with Crippen molar-refractivity contribution in [2.45, 2.75) is 13.0 Å². The van der Waals surface area contributed by atoms with Gasteiger partial charge in [-0.25, -0.2) is 0 Å². The summed E-state index contributed by atoms with van der Waals surface area (Å²) in [6, 6.07) is 17.6. The van der Waals surface area contributed by atoms with Crippen LogP contribution in [0.2, 0.25) is 0 Å². The lowest BCUT2D eigenvalue weighted by molar-refractivity contribution is -0.133. The van der Waals surface area contributed by atoms with E-state index in [0.29, 0.717) is 49.7 Å². The number of amides is 2. The minimum absolute atomic E-state index is 0.0531. The van der Waals surface area contributed by atoms with E-state index in [0.717, 1.165) is 34.0 Å². The fourth-order valence-corrected chi connectivity index (χ4v) is 5.54. The van der Waals surface area contributed by atoms with Gasteiger partial charge >= 0.3 is 0 Å². The predicted octanol–water partition coefficient (Wildman–Crippen LogP) is 3.59. The van der Waals surface area contributed by atoms with E-state index < -0.39 is 5.91 Å². The molecule has 11 heteroatoms. The number of carbonyl (C=O) groups is 2. The van der Waals surface area contributed by atoms with Crippen molar-refractivity contribution in [2.24, 2.45) is 10.1 Å². The molecule has 1 aromatic heterocycles.